The fraction of sp³-hybridized carbons (Fsp3) is 0.273. The van der Waals surface area contributed by atoms with E-state index < -0.39 is 0 Å². The molecule has 0 saturated heterocycles. The van der Waals surface area contributed by atoms with Gasteiger partial charge in [-0.2, -0.15) is 0 Å². The van der Waals surface area contributed by atoms with Gasteiger partial charge in [0.15, 0.2) is 5.75 Å². The first-order valence-electron chi connectivity index (χ1n) is 4.32. The zero-order valence-corrected chi connectivity index (χ0v) is 9.53. The van der Waals surface area contributed by atoms with Crippen LogP contribution in [0.3, 0.4) is 0 Å². The Labute approximate surface area is 94.3 Å². The summed E-state index contributed by atoms with van der Waals surface area (Å²) in [5, 5.41) is 1.11. The molecule has 14 heavy (non-hydrogen) atoms. The Balaban J connectivity index is 2.95. The van der Waals surface area contributed by atoms with Crippen LogP contribution in [0.4, 0.5) is 0 Å². The van der Waals surface area contributed by atoms with Crippen LogP contribution in [0, 0.1) is 0 Å². The van der Waals surface area contributed by atoms with Gasteiger partial charge in [0.1, 0.15) is 0 Å². The van der Waals surface area contributed by atoms with E-state index in [-0.39, 0.29) is 0 Å². The fourth-order valence-corrected chi connectivity index (χ4v) is 1.91. The van der Waals surface area contributed by atoms with Crippen LogP contribution < -0.4 is 4.74 Å². The van der Waals surface area contributed by atoms with E-state index >= 15 is 0 Å². The highest BCUT2D eigenvalue weighted by atomic mass is 35.5. The average molecular weight is 231 g/mol. The van der Waals surface area contributed by atoms with Crippen molar-refractivity contribution in [2.45, 2.75) is 12.8 Å². The first-order valence-corrected chi connectivity index (χ1v) is 5.07. The maximum Gasteiger partial charge on any atom is 0.156 e. The maximum atomic E-state index is 5.98. The third-order valence-corrected chi connectivity index (χ3v) is 2.46. The van der Waals surface area contributed by atoms with Crippen molar-refractivity contribution in [3.63, 3.8) is 0 Å². The number of hydrogen-bond acceptors (Lipinski definition) is 1. The number of ether oxygens (including phenoxy) is 1. The molecule has 0 fully saturated rings. The van der Waals surface area contributed by atoms with Crippen LogP contribution >= 0.6 is 23.2 Å². The van der Waals surface area contributed by atoms with E-state index in [1.54, 1.807) is 7.11 Å². The Hall–Kier alpha value is -0.660. The standard InChI is InChI=1S/C11H12Cl2O/c1-3-4-5-8-6-9(12)11(14-2)10(13)7-8/h3,6-7H,1,4-5H2,2H3. The highest BCUT2D eigenvalue weighted by Gasteiger charge is 2.07. The van der Waals surface area contributed by atoms with Crippen molar-refractivity contribution in [2.24, 2.45) is 0 Å². The van der Waals surface area contributed by atoms with Gasteiger partial charge in [0.25, 0.3) is 0 Å². The minimum Gasteiger partial charge on any atom is -0.494 e. The van der Waals surface area contributed by atoms with Gasteiger partial charge in [0.05, 0.1) is 17.2 Å². The van der Waals surface area contributed by atoms with Crippen LogP contribution in [0.25, 0.3) is 0 Å². The average Bonchev–Trinajstić information content (AvgIpc) is 2.14. The van der Waals surface area contributed by atoms with Gasteiger partial charge in [-0.15, -0.1) is 6.58 Å². The lowest BCUT2D eigenvalue weighted by Crippen LogP contribution is -1.89. The van der Waals surface area contributed by atoms with Gasteiger partial charge in [0, 0.05) is 0 Å². The van der Waals surface area contributed by atoms with E-state index in [4.69, 9.17) is 27.9 Å². The molecule has 0 saturated carbocycles. The lowest BCUT2D eigenvalue weighted by molar-refractivity contribution is 0.415. The van der Waals surface area contributed by atoms with Crippen LogP contribution in [-0.2, 0) is 6.42 Å². The smallest absolute Gasteiger partial charge is 0.156 e. The zero-order chi connectivity index (χ0) is 10.6. The molecule has 1 aromatic rings. The molecule has 0 atom stereocenters. The highest BCUT2D eigenvalue weighted by molar-refractivity contribution is 6.37. The summed E-state index contributed by atoms with van der Waals surface area (Å²) in [7, 11) is 1.55. The first kappa shape index (κ1) is 11.4. The SMILES string of the molecule is C=CCCc1cc(Cl)c(OC)c(Cl)c1. The Bertz CT molecular complexity index is 311. The van der Waals surface area contributed by atoms with Crippen LogP contribution in [0.5, 0.6) is 5.75 Å². The second-order valence-electron chi connectivity index (χ2n) is 2.92. The molecule has 1 aromatic carbocycles. The van der Waals surface area contributed by atoms with Crippen molar-refractivity contribution in [3.8, 4) is 5.75 Å². The summed E-state index contributed by atoms with van der Waals surface area (Å²) in [6.45, 7) is 3.66. The molecule has 0 bridgehead atoms. The van der Waals surface area contributed by atoms with Crippen LogP contribution in [0.1, 0.15) is 12.0 Å². The summed E-state index contributed by atoms with van der Waals surface area (Å²) in [4.78, 5) is 0. The molecule has 0 radical (unpaired) electrons. The molecule has 0 aromatic heterocycles. The number of methoxy groups -OCH3 is 1. The Morgan fingerprint density at radius 1 is 1.36 bits per heavy atom. The van der Waals surface area contributed by atoms with E-state index in [0.29, 0.717) is 15.8 Å². The summed E-state index contributed by atoms with van der Waals surface area (Å²) in [6.07, 6.45) is 3.68. The normalized spacial score (nSPS) is 9.93. The van der Waals surface area contributed by atoms with Gasteiger partial charge in [-0.3, -0.25) is 0 Å². The topological polar surface area (TPSA) is 9.23 Å². The molecule has 76 valence electrons. The molecule has 0 aliphatic carbocycles. The van der Waals surface area contributed by atoms with Gasteiger partial charge in [-0.05, 0) is 30.5 Å². The third-order valence-electron chi connectivity index (χ3n) is 1.90. The van der Waals surface area contributed by atoms with Crippen molar-refractivity contribution >= 4 is 23.2 Å². The summed E-state index contributed by atoms with van der Waals surface area (Å²) < 4.78 is 5.05. The largest absolute Gasteiger partial charge is 0.494 e. The monoisotopic (exact) mass is 230 g/mol. The van der Waals surface area contributed by atoms with Crippen molar-refractivity contribution in [1.82, 2.24) is 0 Å². The number of benzene rings is 1. The number of aryl methyl sites for hydroxylation is 1. The van der Waals surface area contributed by atoms with E-state index in [1.807, 2.05) is 18.2 Å². The molecule has 3 heteroatoms. The molecule has 0 aliphatic rings. The van der Waals surface area contributed by atoms with Crippen molar-refractivity contribution in [3.05, 3.63) is 40.4 Å². The van der Waals surface area contributed by atoms with Gasteiger partial charge < -0.3 is 4.74 Å². The number of halogens is 2. The van der Waals surface area contributed by atoms with Gasteiger partial charge in [-0.1, -0.05) is 29.3 Å². The summed E-state index contributed by atoms with van der Waals surface area (Å²) in [5.41, 5.74) is 1.10. The second-order valence-corrected chi connectivity index (χ2v) is 3.73. The molecule has 0 aliphatic heterocycles. The Morgan fingerprint density at radius 2 is 1.93 bits per heavy atom. The molecule has 0 heterocycles. The Morgan fingerprint density at radius 3 is 2.36 bits per heavy atom. The van der Waals surface area contributed by atoms with E-state index in [1.165, 1.54) is 0 Å². The van der Waals surface area contributed by atoms with E-state index in [2.05, 4.69) is 6.58 Å². The third kappa shape index (κ3) is 2.66. The van der Waals surface area contributed by atoms with Crippen molar-refractivity contribution in [2.75, 3.05) is 7.11 Å². The van der Waals surface area contributed by atoms with Gasteiger partial charge >= 0.3 is 0 Å². The highest BCUT2D eigenvalue weighted by Crippen LogP contribution is 2.34. The lowest BCUT2D eigenvalue weighted by atomic mass is 10.1. The van der Waals surface area contributed by atoms with E-state index in [9.17, 15) is 0 Å². The minimum absolute atomic E-state index is 0.538. The van der Waals surface area contributed by atoms with E-state index in [0.717, 1.165) is 18.4 Å². The molecule has 0 unspecified atom stereocenters. The number of rotatable bonds is 4. The van der Waals surface area contributed by atoms with Crippen molar-refractivity contribution in [1.29, 1.82) is 0 Å². The molecule has 0 amide bonds. The van der Waals surface area contributed by atoms with Gasteiger partial charge in [0.2, 0.25) is 0 Å². The lowest BCUT2D eigenvalue weighted by Gasteiger charge is -2.07. The predicted octanol–water partition coefficient (Wildman–Crippen LogP) is 4.12. The molecule has 1 rings (SSSR count). The number of allylic oxidation sites excluding steroid dienone is 1. The summed E-state index contributed by atoms with van der Waals surface area (Å²) >= 11 is 12.0. The molecule has 0 spiro atoms. The van der Waals surface area contributed by atoms with Crippen LogP contribution in [0.2, 0.25) is 10.0 Å². The second kappa shape index (κ2) is 5.28. The van der Waals surface area contributed by atoms with Gasteiger partial charge in [-0.25, -0.2) is 0 Å². The fourth-order valence-electron chi connectivity index (χ4n) is 1.22. The van der Waals surface area contributed by atoms with Crippen LogP contribution in [0.15, 0.2) is 24.8 Å². The molecule has 1 nitrogen and oxygen atoms in total. The van der Waals surface area contributed by atoms with Crippen LogP contribution in [-0.4, -0.2) is 7.11 Å². The Kier molecular flexibility index (Phi) is 4.30. The van der Waals surface area contributed by atoms with Crippen molar-refractivity contribution < 1.29 is 4.74 Å². The predicted molar refractivity (Wildman–Crippen MR) is 61.5 cm³/mol. The maximum absolute atomic E-state index is 5.98. The zero-order valence-electron chi connectivity index (χ0n) is 8.02. The minimum atomic E-state index is 0.538. The summed E-state index contributed by atoms with van der Waals surface area (Å²) in [5.74, 6) is 0.538. The molecular formula is C11H12Cl2O. The molecular weight excluding hydrogens is 219 g/mol. The summed E-state index contributed by atoms with van der Waals surface area (Å²) in [6, 6.07) is 3.74. The first-order chi connectivity index (χ1) is 6.69. The number of hydrogen-bond donors (Lipinski definition) is 0. The quantitative estimate of drug-likeness (QED) is 0.708. The molecule has 0 N–H and O–H groups in total.